The first-order chi connectivity index (χ1) is 7.66. The average molecular weight is 279 g/mol. The van der Waals surface area contributed by atoms with Crippen LogP contribution in [0.5, 0.6) is 0 Å². The highest BCUT2D eigenvalue weighted by molar-refractivity contribution is 7.90. The van der Waals surface area contributed by atoms with E-state index in [1.807, 2.05) is 0 Å². The molecule has 0 amide bonds. The molecule has 0 bridgehead atoms. The first-order valence-electron chi connectivity index (χ1n) is 4.15. The topological polar surface area (TPSA) is 109 Å². The fourth-order valence-corrected chi connectivity index (χ4v) is 2.49. The van der Waals surface area contributed by atoms with Crippen molar-refractivity contribution < 1.29 is 28.2 Å². The van der Waals surface area contributed by atoms with Crippen molar-refractivity contribution in [3.8, 4) is 0 Å². The first-order valence-corrected chi connectivity index (χ1v) is 6.42. The fourth-order valence-electron chi connectivity index (χ4n) is 1.23. The molecule has 92 valence electrons. The molecular formula is C9H7ClO6S. The molecule has 0 saturated carbocycles. The number of hydrogen-bond acceptors (Lipinski definition) is 4. The molecule has 2 N–H and O–H groups in total. The second-order valence-corrected chi connectivity index (χ2v) is 5.54. The summed E-state index contributed by atoms with van der Waals surface area (Å²) in [6.45, 7) is 0. The Labute approximate surface area is 101 Å². The predicted octanol–water partition coefficient (Wildman–Crippen LogP) is 1.14. The van der Waals surface area contributed by atoms with E-state index >= 15 is 0 Å². The van der Waals surface area contributed by atoms with Gasteiger partial charge in [-0.1, -0.05) is 11.6 Å². The Morgan fingerprint density at radius 1 is 1.18 bits per heavy atom. The zero-order valence-electron chi connectivity index (χ0n) is 8.47. The third kappa shape index (κ3) is 2.56. The van der Waals surface area contributed by atoms with Crippen LogP contribution in [0, 0.1) is 0 Å². The zero-order valence-corrected chi connectivity index (χ0v) is 10.0. The van der Waals surface area contributed by atoms with E-state index in [0.717, 1.165) is 18.4 Å². The third-order valence-corrected chi connectivity index (χ3v) is 3.48. The molecule has 0 aliphatic carbocycles. The highest BCUT2D eigenvalue weighted by Gasteiger charge is 2.25. The summed E-state index contributed by atoms with van der Waals surface area (Å²) < 4.78 is 22.6. The van der Waals surface area contributed by atoms with Gasteiger partial charge in [-0.15, -0.1) is 0 Å². The van der Waals surface area contributed by atoms with E-state index in [9.17, 15) is 18.0 Å². The van der Waals surface area contributed by atoms with Gasteiger partial charge in [-0.3, -0.25) is 0 Å². The van der Waals surface area contributed by atoms with Crippen molar-refractivity contribution in [1.29, 1.82) is 0 Å². The number of carboxylic acid groups (broad SMARTS) is 2. The lowest BCUT2D eigenvalue weighted by atomic mass is 10.1. The van der Waals surface area contributed by atoms with Crippen LogP contribution in [0.15, 0.2) is 17.0 Å². The Kier molecular flexibility index (Phi) is 3.44. The Balaban J connectivity index is 3.75. The molecule has 0 heterocycles. The summed E-state index contributed by atoms with van der Waals surface area (Å²) in [5.74, 6) is -3.03. The van der Waals surface area contributed by atoms with Crippen LogP contribution in [0.1, 0.15) is 20.7 Å². The molecule has 0 aromatic heterocycles. The minimum atomic E-state index is -3.80. The largest absolute Gasteiger partial charge is 0.478 e. The normalized spacial score (nSPS) is 11.2. The van der Waals surface area contributed by atoms with Crippen LogP contribution < -0.4 is 0 Å². The Morgan fingerprint density at radius 3 is 2.06 bits per heavy atom. The van der Waals surface area contributed by atoms with Crippen LogP contribution >= 0.6 is 11.6 Å². The van der Waals surface area contributed by atoms with Crippen molar-refractivity contribution in [2.45, 2.75) is 4.90 Å². The van der Waals surface area contributed by atoms with Crippen LogP contribution in [0.2, 0.25) is 5.02 Å². The summed E-state index contributed by atoms with van der Waals surface area (Å²) in [5, 5.41) is 17.0. The molecule has 0 radical (unpaired) electrons. The number of rotatable bonds is 3. The highest BCUT2D eigenvalue weighted by atomic mass is 35.5. The molecule has 0 spiro atoms. The molecule has 17 heavy (non-hydrogen) atoms. The second kappa shape index (κ2) is 4.34. The predicted molar refractivity (Wildman–Crippen MR) is 58.5 cm³/mol. The molecule has 0 fully saturated rings. The van der Waals surface area contributed by atoms with Crippen LogP contribution in [0.25, 0.3) is 0 Å². The summed E-state index contributed by atoms with van der Waals surface area (Å²) in [7, 11) is -3.80. The van der Waals surface area contributed by atoms with Crippen molar-refractivity contribution in [3.63, 3.8) is 0 Å². The van der Waals surface area contributed by atoms with Crippen molar-refractivity contribution in [2.75, 3.05) is 6.26 Å². The van der Waals surface area contributed by atoms with E-state index in [0.29, 0.717) is 0 Å². The van der Waals surface area contributed by atoms with E-state index in [-0.39, 0.29) is 0 Å². The number of benzene rings is 1. The van der Waals surface area contributed by atoms with Gasteiger partial charge in [-0.25, -0.2) is 18.0 Å². The van der Waals surface area contributed by atoms with Gasteiger partial charge in [0.15, 0.2) is 9.84 Å². The molecule has 0 unspecified atom stereocenters. The SMILES string of the molecule is CS(=O)(=O)c1ccc(C(=O)O)c(Cl)c1C(=O)O. The fraction of sp³-hybridized carbons (Fsp3) is 0.111. The van der Waals surface area contributed by atoms with Crippen molar-refractivity contribution >= 4 is 33.4 Å². The smallest absolute Gasteiger partial charge is 0.338 e. The van der Waals surface area contributed by atoms with Gasteiger partial charge in [0.1, 0.15) is 0 Å². The van der Waals surface area contributed by atoms with E-state index in [1.165, 1.54) is 0 Å². The lowest BCUT2D eigenvalue weighted by Gasteiger charge is -2.08. The molecule has 0 aliphatic rings. The summed E-state index contributed by atoms with van der Waals surface area (Å²) in [6.07, 6.45) is 0.811. The monoisotopic (exact) mass is 278 g/mol. The molecule has 8 heteroatoms. The van der Waals surface area contributed by atoms with Gasteiger partial charge >= 0.3 is 11.9 Å². The van der Waals surface area contributed by atoms with E-state index in [1.54, 1.807) is 0 Å². The maximum absolute atomic E-state index is 11.3. The summed E-state index contributed by atoms with van der Waals surface area (Å²) in [6, 6.07) is 1.86. The average Bonchev–Trinajstić information content (AvgIpc) is 2.14. The van der Waals surface area contributed by atoms with Gasteiger partial charge in [-0.2, -0.15) is 0 Å². The van der Waals surface area contributed by atoms with Crippen molar-refractivity contribution in [1.82, 2.24) is 0 Å². The van der Waals surface area contributed by atoms with Gasteiger partial charge in [0.05, 0.1) is 21.0 Å². The van der Waals surface area contributed by atoms with Gasteiger partial charge in [0.25, 0.3) is 0 Å². The van der Waals surface area contributed by atoms with E-state index in [2.05, 4.69) is 0 Å². The van der Waals surface area contributed by atoms with Crippen LogP contribution in [-0.2, 0) is 9.84 Å². The molecule has 6 nitrogen and oxygen atoms in total. The van der Waals surface area contributed by atoms with Gasteiger partial charge < -0.3 is 10.2 Å². The Bertz CT molecular complexity index is 604. The Hall–Kier alpha value is -1.60. The molecule has 1 aromatic rings. The Morgan fingerprint density at radius 2 is 1.71 bits per heavy atom. The van der Waals surface area contributed by atoms with Crippen LogP contribution in [0.4, 0.5) is 0 Å². The number of carbonyl (C=O) groups is 2. The van der Waals surface area contributed by atoms with Crippen molar-refractivity contribution in [3.05, 3.63) is 28.3 Å². The maximum atomic E-state index is 11.3. The first kappa shape index (κ1) is 13.5. The molecule has 0 aliphatic heterocycles. The number of aromatic carboxylic acids is 2. The second-order valence-electron chi connectivity index (χ2n) is 3.18. The minimum Gasteiger partial charge on any atom is -0.478 e. The number of carboxylic acids is 2. The van der Waals surface area contributed by atoms with E-state index < -0.39 is 42.8 Å². The lowest BCUT2D eigenvalue weighted by molar-refractivity contribution is 0.0693. The third-order valence-electron chi connectivity index (χ3n) is 1.95. The lowest BCUT2D eigenvalue weighted by Crippen LogP contribution is -2.11. The van der Waals surface area contributed by atoms with Gasteiger partial charge in [0, 0.05) is 6.26 Å². The quantitative estimate of drug-likeness (QED) is 0.858. The van der Waals surface area contributed by atoms with Crippen molar-refractivity contribution in [2.24, 2.45) is 0 Å². The molecule has 1 rings (SSSR count). The zero-order chi connectivity index (χ0) is 13.4. The summed E-state index contributed by atoms with van der Waals surface area (Å²) in [5.41, 5.74) is -1.19. The number of halogens is 1. The molecule has 0 atom stereocenters. The minimum absolute atomic E-state index is 0.462. The number of hydrogen-bond donors (Lipinski definition) is 2. The molecular weight excluding hydrogens is 272 g/mol. The summed E-state index contributed by atoms with van der Waals surface area (Å²) in [4.78, 5) is 21.1. The van der Waals surface area contributed by atoms with Crippen LogP contribution in [-0.4, -0.2) is 36.8 Å². The number of sulfone groups is 1. The summed E-state index contributed by atoms with van der Waals surface area (Å²) >= 11 is 5.58. The van der Waals surface area contributed by atoms with Crippen LogP contribution in [0.3, 0.4) is 0 Å². The molecule has 1 aromatic carbocycles. The van der Waals surface area contributed by atoms with Gasteiger partial charge in [-0.05, 0) is 12.1 Å². The maximum Gasteiger partial charge on any atom is 0.338 e. The standard InChI is InChI=1S/C9H7ClO6S/c1-17(15,16)5-3-2-4(8(11)12)7(10)6(5)9(13)14/h2-3H,1H3,(H,11,12)(H,13,14). The van der Waals surface area contributed by atoms with Gasteiger partial charge in [0.2, 0.25) is 0 Å². The molecule has 0 saturated heterocycles. The highest BCUT2D eigenvalue weighted by Crippen LogP contribution is 2.27. The van der Waals surface area contributed by atoms with E-state index in [4.69, 9.17) is 21.8 Å².